The molecule has 0 saturated carbocycles. The van der Waals surface area contributed by atoms with Crippen molar-refractivity contribution in [2.75, 3.05) is 4.90 Å². The van der Waals surface area contributed by atoms with Crippen LogP contribution in [-0.4, -0.2) is 4.57 Å². The highest BCUT2D eigenvalue weighted by atomic mass is 15.1. The number of benzene rings is 10. The summed E-state index contributed by atoms with van der Waals surface area (Å²) in [4.78, 5) is 2.41. The quantitative estimate of drug-likeness (QED) is 0.145. The maximum Gasteiger partial charge on any atom is 0.0575 e. The van der Waals surface area contributed by atoms with Gasteiger partial charge in [-0.05, 0) is 114 Å². The van der Waals surface area contributed by atoms with Crippen LogP contribution in [0.25, 0.3) is 88.2 Å². The number of hydrogen-bond donors (Lipinski definition) is 0. The Morgan fingerprint density at radius 2 is 0.859 bits per heavy atom. The summed E-state index contributed by atoms with van der Waals surface area (Å²) in [7, 11) is 2.23. The van der Waals surface area contributed by atoms with Gasteiger partial charge in [0.25, 0.3) is 0 Å². The number of aryl methyl sites for hydroxylation is 1. The molecule has 12 rings (SSSR count). The van der Waals surface area contributed by atoms with E-state index < -0.39 is 0 Å². The lowest BCUT2D eigenvalue weighted by Gasteiger charge is -2.28. The van der Waals surface area contributed by atoms with Gasteiger partial charge in [0.05, 0.1) is 11.2 Å². The van der Waals surface area contributed by atoms with Crippen LogP contribution in [0.5, 0.6) is 0 Å². The van der Waals surface area contributed by atoms with Crippen molar-refractivity contribution in [3.63, 3.8) is 0 Å². The topological polar surface area (TPSA) is 8.17 Å². The molecule has 1 aliphatic rings. The minimum atomic E-state index is -0.106. The maximum absolute atomic E-state index is 2.42. The summed E-state index contributed by atoms with van der Waals surface area (Å²) >= 11 is 0. The molecule has 2 nitrogen and oxygen atoms in total. The normalized spacial score (nSPS) is 12.7. The van der Waals surface area contributed by atoms with Crippen molar-refractivity contribution in [3.8, 4) is 55.8 Å². The van der Waals surface area contributed by atoms with Crippen LogP contribution < -0.4 is 4.90 Å². The monoisotopic (exact) mass is 818 g/mol. The Hall–Kier alpha value is -7.94. The molecule has 0 unspecified atom stereocenters. The highest BCUT2D eigenvalue weighted by molar-refractivity contribution is 6.30. The smallest absolute Gasteiger partial charge is 0.0575 e. The fourth-order valence-electron chi connectivity index (χ4n) is 10.7. The first-order valence-corrected chi connectivity index (χ1v) is 22.3. The Balaban J connectivity index is 1.00. The van der Waals surface area contributed by atoms with Crippen LogP contribution in [0.15, 0.2) is 224 Å². The fraction of sp³-hybridized carbons (Fsp3) is 0.0645. The number of hydrogen-bond acceptors (Lipinski definition) is 1. The van der Waals surface area contributed by atoms with E-state index in [-0.39, 0.29) is 5.41 Å². The molecule has 0 saturated heterocycles. The van der Waals surface area contributed by atoms with E-state index >= 15 is 0 Å². The number of aromatic nitrogens is 1. The van der Waals surface area contributed by atoms with E-state index in [1.54, 1.807) is 0 Å². The zero-order valence-corrected chi connectivity index (χ0v) is 36.3. The van der Waals surface area contributed by atoms with Crippen LogP contribution in [0.1, 0.15) is 25.0 Å². The average molecular weight is 819 g/mol. The molecule has 0 amide bonds. The van der Waals surface area contributed by atoms with Gasteiger partial charge in [-0.25, -0.2) is 0 Å². The summed E-state index contributed by atoms with van der Waals surface area (Å²) in [6.45, 7) is 4.71. The Morgan fingerprint density at radius 1 is 0.359 bits per heavy atom. The zero-order chi connectivity index (χ0) is 42.9. The molecule has 0 N–H and O–H groups in total. The minimum Gasteiger partial charge on any atom is -0.343 e. The summed E-state index contributed by atoms with van der Waals surface area (Å²) in [5, 5.41) is 6.33. The number of anilines is 3. The third-order valence-corrected chi connectivity index (χ3v) is 13.8. The maximum atomic E-state index is 2.42. The Morgan fingerprint density at radius 3 is 1.53 bits per heavy atom. The van der Waals surface area contributed by atoms with Gasteiger partial charge in [0.2, 0.25) is 0 Å². The van der Waals surface area contributed by atoms with Crippen molar-refractivity contribution >= 4 is 49.5 Å². The second kappa shape index (κ2) is 14.9. The summed E-state index contributed by atoms with van der Waals surface area (Å²) < 4.78 is 2.42. The summed E-state index contributed by atoms with van der Waals surface area (Å²) in [5.41, 5.74) is 19.7. The van der Waals surface area contributed by atoms with Crippen molar-refractivity contribution in [1.29, 1.82) is 0 Å². The highest BCUT2D eigenvalue weighted by Crippen LogP contribution is 2.51. The molecule has 1 aliphatic carbocycles. The fourth-order valence-corrected chi connectivity index (χ4v) is 10.7. The van der Waals surface area contributed by atoms with E-state index in [0.29, 0.717) is 0 Å². The van der Waals surface area contributed by atoms with Gasteiger partial charge in [-0.1, -0.05) is 196 Å². The summed E-state index contributed by atoms with van der Waals surface area (Å²) in [6, 6.07) is 82.5. The molecule has 64 heavy (non-hydrogen) atoms. The molecule has 10 aromatic carbocycles. The zero-order valence-electron chi connectivity index (χ0n) is 36.3. The number of rotatable bonds is 7. The predicted molar refractivity (Wildman–Crippen MR) is 272 cm³/mol. The largest absolute Gasteiger partial charge is 0.343 e. The molecule has 304 valence electrons. The summed E-state index contributed by atoms with van der Waals surface area (Å²) in [6.07, 6.45) is 0. The van der Waals surface area contributed by atoms with Crippen LogP contribution in [0.3, 0.4) is 0 Å². The minimum absolute atomic E-state index is 0.106. The van der Waals surface area contributed by atoms with E-state index in [2.05, 4.69) is 255 Å². The van der Waals surface area contributed by atoms with E-state index in [9.17, 15) is 0 Å². The van der Waals surface area contributed by atoms with Gasteiger partial charge in [-0.2, -0.15) is 0 Å². The molecule has 1 aromatic heterocycles. The van der Waals surface area contributed by atoms with Gasteiger partial charge in [0.1, 0.15) is 0 Å². The van der Waals surface area contributed by atoms with Gasteiger partial charge >= 0.3 is 0 Å². The molecular weight excluding hydrogens is 773 g/mol. The van der Waals surface area contributed by atoms with Crippen LogP contribution in [0.4, 0.5) is 17.1 Å². The standard InChI is InChI=1S/C62H46N2/c1-62(2)56-26-16-15-24-51(56)52-38-36-49(40-57(52)62)64(47-32-27-42(28-33-47)41-17-7-4-8-18-41)48-34-29-43(30-35-48)46-31-37-53-55(39-46)50-23-13-14-25-54(50)61-59(53)58(44-19-9-5-10-20-44)60(63(61)3)45-21-11-6-12-22-45/h4-40H,1-3H3. The van der Waals surface area contributed by atoms with Crippen molar-refractivity contribution in [1.82, 2.24) is 4.57 Å². The molecule has 2 heteroatoms. The first kappa shape index (κ1) is 37.8. The van der Waals surface area contributed by atoms with Crippen molar-refractivity contribution in [2.45, 2.75) is 19.3 Å². The molecule has 1 heterocycles. The first-order chi connectivity index (χ1) is 31.4. The highest BCUT2D eigenvalue weighted by Gasteiger charge is 2.36. The summed E-state index contributed by atoms with van der Waals surface area (Å²) in [5.74, 6) is 0. The van der Waals surface area contributed by atoms with Gasteiger partial charge in [-0.3, -0.25) is 0 Å². The first-order valence-electron chi connectivity index (χ1n) is 22.3. The Labute approximate surface area is 375 Å². The van der Waals surface area contributed by atoms with E-state index in [1.165, 1.54) is 99.3 Å². The third-order valence-electron chi connectivity index (χ3n) is 13.8. The molecule has 0 atom stereocenters. The van der Waals surface area contributed by atoms with Gasteiger partial charge in [0, 0.05) is 45.9 Å². The molecule has 11 aromatic rings. The third kappa shape index (κ3) is 5.94. The average Bonchev–Trinajstić information content (AvgIpc) is 3.79. The number of fused-ring (bicyclic) bond motifs is 9. The van der Waals surface area contributed by atoms with E-state index in [4.69, 9.17) is 0 Å². The van der Waals surface area contributed by atoms with Crippen molar-refractivity contribution in [3.05, 3.63) is 236 Å². The van der Waals surface area contributed by atoms with Crippen LogP contribution in [-0.2, 0) is 12.5 Å². The van der Waals surface area contributed by atoms with E-state index in [1.807, 2.05) is 0 Å². The lowest BCUT2D eigenvalue weighted by molar-refractivity contribution is 0.660. The van der Waals surface area contributed by atoms with Crippen LogP contribution in [0, 0.1) is 0 Å². The molecular formula is C62H46N2. The lowest BCUT2D eigenvalue weighted by Crippen LogP contribution is -2.16. The molecule has 0 radical (unpaired) electrons. The van der Waals surface area contributed by atoms with Gasteiger partial charge < -0.3 is 9.47 Å². The molecule has 0 fully saturated rings. The lowest BCUT2D eigenvalue weighted by atomic mass is 9.82. The van der Waals surface area contributed by atoms with Gasteiger partial charge in [0.15, 0.2) is 0 Å². The second-order valence-corrected chi connectivity index (χ2v) is 17.7. The van der Waals surface area contributed by atoms with Crippen LogP contribution >= 0.6 is 0 Å². The Kier molecular flexibility index (Phi) is 8.77. The number of nitrogens with zero attached hydrogens (tertiary/aromatic N) is 2. The predicted octanol–water partition coefficient (Wildman–Crippen LogP) is 16.9. The van der Waals surface area contributed by atoms with Crippen LogP contribution in [0.2, 0.25) is 0 Å². The second-order valence-electron chi connectivity index (χ2n) is 17.7. The Bertz CT molecular complexity index is 3540. The molecule has 0 bridgehead atoms. The van der Waals surface area contributed by atoms with Crippen molar-refractivity contribution < 1.29 is 0 Å². The molecule has 0 aliphatic heterocycles. The SMILES string of the molecule is Cn1c(-c2ccccc2)c(-c2ccccc2)c2c3ccc(-c4ccc(N(c5ccc(-c6ccccc6)cc5)c5ccc6c(c5)C(C)(C)c5ccccc5-6)cc4)cc3c3ccccc3c21. The van der Waals surface area contributed by atoms with Crippen molar-refractivity contribution in [2.24, 2.45) is 7.05 Å². The molecule has 0 spiro atoms. The van der Waals surface area contributed by atoms with E-state index in [0.717, 1.165) is 17.1 Å². The van der Waals surface area contributed by atoms with Gasteiger partial charge in [-0.15, -0.1) is 0 Å².